The number of carbonyl (C=O) groups is 2. The molecule has 4 heterocycles. The summed E-state index contributed by atoms with van der Waals surface area (Å²) in [7, 11) is 0. The Hall–Kier alpha value is -4.37. The maximum Gasteiger partial charge on any atom is 0.434 e. The number of amides is 2. The average molecular weight is 605 g/mol. The Bertz CT molecular complexity index is 1700. The highest BCUT2D eigenvalue weighted by atomic mass is 32.1. The lowest BCUT2D eigenvalue weighted by Gasteiger charge is -2.23. The molecule has 4 aromatic heterocycles. The number of hydrogen-bond donors (Lipinski definition) is 4. The Morgan fingerprint density at radius 3 is 2.48 bits per heavy atom. The standard InChI is InChI=1S/C27H27F3N6O5S/c1-4-31-26(41)35-22-7-15(24-34-21(12-42-24)27(28,29)30)17(8-33-22)19-6-16-20(9-32-19)36(14(11-37)5-13(2)3)10-18(23(16)38)25(39)40/h6-10,12-14,37H,4-5,11H2,1-3H3,(H,39,40)(H2,31,33,35,41)/t14-/m0/s1. The van der Waals surface area contributed by atoms with Crippen LogP contribution < -0.4 is 16.1 Å². The third-order valence-corrected chi connectivity index (χ3v) is 7.16. The van der Waals surface area contributed by atoms with E-state index in [1.165, 1.54) is 35.3 Å². The second-order valence-corrected chi connectivity index (χ2v) is 10.6. The van der Waals surface area contributed by atoms with Crippen molar-refractivity contribution >= 4 is 40.1 Å². The smallest absolute Gasteiger partial charge is 0.434 e. The number of aromatic carboxylic acids is 1. The molecule has 1 atom stereocenters. The number of halogens is 3. The quantitative estimate of drug-likeness (QED) is 0.207. The largest absolute Gasteiger partial charge is 0.477 e. The Balaban J connectivity index is 1.95. The average Bonchev–Trinajstić information content (AvgIpc) is 3.43. The van der Waals surface area contributed by atoms with Gasteiger partial charge in [-0.25, -0.2) is 19.6 Å². The van der Waals surface area contributed by atoms with E-state index in [4.69, 9.17) is 0 Å². The van der Waals surface area contributed by atoms with Crippen LogP contribution in [0.1, 0.15) is 49.3 Å². The molecule has 0 saturated carbocycles. The molecular weight excluding hydrogens is 577 g/mol. The van der Waals surface area contributed by atoms with Crippen molar-refractivity contribution < 1.29 is 33.0 Å². The van der Waals surface area contributed by atoms with Crippen molar-refractivity contribution in [1.82, 2.24) is 24.8 Å². The lowest BCUT2D eigenvalue weighted by Crippen LogP contribution is -2.28. The molecular formula is C27H27F3N6O5S. The summed E-state index contributed by atoms with van der Waals surface area (Å²) in [5.74, 6) is -1.29. The molecule has 0 aliphatic heterocycles. The first-order valence-electron chi connectivity index (χ1n) is 12.8. The number of aliphatic hydroxyl groups is 1. The van der Waals surface area contributed by atoms with Gasteiger partial charge in [-0.3, -0.25) is 15.1 Å². The number of carboxylic acids is 1. The fourth-order valence-electron chi connectivity index (χ4n) is 4.42. The number of rotatable bonds is 9. The molecule has 0 aromatic carbocycles. The first-order chi connectivity index (χ1) is 19.8. The van der Waals surface area contributed by atoms with Gasteiger partial charge in [-0.05, 0) is 31.4 Å². The van der Waals surface area contributed by atoms with Crippen LogP contribution in [0, 0.1) is 5.92 Å². The molecule has 0 bridgehead atoms. The van der Waals surface area contributed by atoms with Crippen molar-refractivity contribution in [2.24, 2.45) is 5.92 Å². The summed E-state index contributed by atoms with van der Waals surface area (Å²) in [5, 5.41) is 25.6. The van der Waals surface area contributed by atoms with Crippen LogP contribution in [-0.2, 0) is 6.18 Å². The zero-order chi connectivity index (χ0) is 30.8. The summed E-state index contributed by atoms with van der Waals surface area (Å²) >= 11 is 0.718. The summed E-state index contributed by atoms with van der Waals surface area (Å²) in [4.78, 5) is 49.6. The minimum absolute atomic E-state index is 0.0206. The molecule has 0 unspecified atom stereocenters. The van der Waals surface area contributed by atoms with Gasteiger partial charge in [0.15, 0.2) is 5.69 Å². The zero-order valence-electron chi connectivity index (χ0n) is 22.7. The van der Waals surface area contributed by atoms with E-state index in [-0.39, 0.29) is 51.1 Å². The summed E-state index contributed by atoms with van der Waals surface area (Å²) in [6, 6.07) is 1.54. The minimum Gasteiger partial charge on any atom is -0.477 e. The number of fused-ring (bicyclic) bond motifs is 1. The molecule has 0 saturated heterocycles. The Labute approximate surface area is 241 Å². The fraction of sp³-hybridized carbons (Fsp3) is 0.333. The number of carboxylic acid groups (broad SMARTS) is 1. The number of urea groups is 1. The lowest BCUT2D eigenvalue weighted by molar-refractivity contribution is -0.140. The number of hydrogen-bond acceptors (Lipinski definition) is 8. The number of anilines is 1. The number of nitrogens with zero attached hydrogens (tertiary/aromatic N) is 4. The van der Waals surface area contributed by atoms with Crippen molar-refractivity contribution in [3.8, 4) is 21.8 Å². The highest BCUT2D eigenvalue weighted by Crippen LogP contribution is 2.38. The topological polar surface area (TPSA) is 159 Å². The van der Waals surface area contributed by atoms with Gasteiger partial charge >= 0.3 is 18.2 Å². The molecule has 2 amide bonds. The van der Waals surface area contributed by atoms with Crippen LogP contribution in [-0.4, -0.2) is 54.9 Å². The number of aromatic nitrogens is 4. The fourth-order valence-corrected chi connectivity index (χ4v) is 5.28. The number of aliphatic hydroxyl groups excluding tert-OH is 1. The Kier molecular flexibility index (Phi) is 8.92. The maximum absolute atomic E-state index is 13.4. The summed E-state index contributed by atoms with van der Waals surface area (Å²) in [5.41, 5.74) is -1.71. The molecule has 4 rings (SSSR count). The first-order valence-corrected chi connectivity index (χ1v) is 13.7. The monoisotopic (exact) mass is 604 g/mol. The molecule has 0 spiro atoms. The van der Waals surface area contributed by atoms with Crippen LogP contribution in [0.3, 0.4) is 0 Å². The van der Waals surface area contributed by atoms with Crippen molar-refractivity contribution in [3.05, 3.63) is 57.6 Å². The van der Waals surface area contributed by atoms with Crippen LogP contribution in [0.15, 0.2) is 40.9 Å². The summed E-state index contributed by atoms with van der Waals surface area (Å²) in [6.45, 7) is 5.57. The molecule has 0 aliphatic carbocycles. The van der Waals surface area contributed by atoms with E-state index in [9.17, 15) is 37.8 Å². The molecule has 0 radical (unpaired) electrons. The highest BCUT2D eigenvalue weighted by Gasteiger charge is 2.34. The molecule has 0 aliphatic rings. The van der Waals surface area contributed by atoms with Crippen molar-refractivity contribution in [3.63, 3.8) is 0 Å². The van der Waals surface area contributed by atoms with E-state index < -0.39 is 40.9 Å². The molecule has 222 valence electrons. The van der Waals surface area contributed by atoms with E-state index in [2.05, 4.69) is 25.6 Å². The number of carbonyl (C=O) groups excluding carboxylic acids is 1. The van der Waals surface area contributed by atoms with E-state index >= 15 is 0 Å². The van der Waals surface area contributed by atoms with Crippen LogP contribution in [0.25, 0.3) is 32.7 Å². The van der Waals surface area contributed by atoms with Gasteiger partial charge in [0.1, 0.15) is 16.4 Å². The molecule has 4 N–H and O–H groups in total. The first kappa shape index (κ1) is 30.6. The van der Waals surface area contributed by atoms with Crippen molar-refractivity contribution in [2.75, 3.05) is 18.5 Å². The number of alkyl halides is 3. The molecule has 15 heteroatoms. The maximum atomic E-state index is 13.4. The van der Waals surface area contributed by atoms with Gasteiger partial charge in [0.05, 0.1) is 35.4 Å². The van der Waals surface area contributed by atoms with Crippen LogP contribution in [0.4, 0.5) is 23.8 Å². The highest BCUT2D eigenvalue weighted by molar-refractivity contribution is 7.13. The van der Waals surface area contributed by atoms with Crippen molar-refractivity contribution in [2.45, 2.75) is 39.4 Å². The zero-order valence-corrected chi connectivity index (χ0v) is 23.5. The lowest BCUT2D eigenvalue weighted by atomic mass is 10.0. The van der Waals surface area contributed by atoms with Gasteiger partial charge < -0.3 is 20.1 Å². The van der Waals surface area contributed by atoms with E-state index in [1.54, 1.807) is 6.92 Å². The number of pyridine rings is 3. The van der Waals surface area contributed by atoms with Gasteiger partial charge in [0.2, 0.25) is 5.43 Å². The Morgan fingerprint density at radius 2 is 1.88 bits per heavy atom. The third-order valence-electron chi connectivity index (χ3n) is 6.28. The van der Waals surface area contributed by atoms with Gasteiger partial charge in [0.25, 0.3) is 0 Å². The number of thiazole rings is 1. The second kappa shape index (κ2) is 12.2. The molecule has 0 fully saturated rings. The van der Waals surface area contributed by atoms with Crippen molar-refractivity contribution in [1.29, 1.82) is 0 Å². The van der Waals surface area contributed by atoms with Gasteiger partial charge in [0, 0.05) is 35.4 Å². The van der Waals surface area contributed by atoms with Crippen LogP contribution in [0.5, 0.6) is 0 Å². The molecule has 11 nitrogen and oxygen atoms in total. The van der Waals surface area contributed by atoms with E-state index in [1.807, 2.05) is 13.8 Å². The number of nitrogens with one attached hydrogen (secondary N) is 2. The van der Waals surface area contributed by atoms with Crippen LogP contribution >= 0.6 is 11.3 Å². The predicted octanol–water partition coefficient (Wildman–Crippen LogP) is 5.02. The normalized spacial score (nSPS) is 12.5. The van der Waals surface area contributed by atoms with Gasteiger partial charge in [-0.2, -0.15) is 13.2 Å². The van der Waals surface area contributed by atoms with Gasteiger partial charge in [-0.15, -0.1) is 11.3 Å². The second-order valence-electron chi connectivity index (χ2n) is 9.77. The van der Waals surface area contributed by atoms with Crippen LogP contribution in [0.2, 0.25) is 0 Å². The Morgan fingerprint density at radius 1 is 1.14 bits per heavy atom. The summed E-state index contributed by atoms with van der Waals surface area (Å²) in [6.07, 6.45) is -0.415. The predicted molar refractivity (Wildman–Crippen MR) is 151 cm³/mol. The molecule has 42 heavy (non-hydrogen) atoms. The van der Waals surface area contributed by atoms with E-state index in [0.717, 1.165) is 16.7 Å². The van der Waals surface area contributed by atoms with Gasteiger partial charge in [-0.1, -0.05) is 13.8 Å². The molecule has 4 aromatic rings. The van der Waals surface area contributed by atoms with E-state index in [0.29, 0.717) is 13.0 Å². The minimum atomic E-state index is -4.69. The third kappa shape index (κ3) is 6.41. The summed E-state index contributed by atoms with van der Waals surface area (Å²) < 4.78 is 41.6. The SMILES string of the molecule is CCNC(=O)Nc1cc(-c2nc(C(F)(F)F)cs2)c(-c2cc3c(=O)c(C(=O)O)cn([C@H](CO)CC(C)C)c3cn2)cn1.